The van der Waals surface area contributed by atoms with E-state index in [9.17, 15) is 18.0 Å². The van der Waals surface area contributed by atoms with E-state index in [0.717, 1.165) is 11.1 Å². The molecule has 1 aromatic heterocycles. The molecule has 1 heterocycles. The van der Waals surface area contributed by atoms with Crippen molar-refractivity contribution in [2.24, 2.45) is 0 Å². The van der Waals surface area contributed by atoms with E-state index in [1.807, 2.05) is 31.2 Å². The van der Waals surface area contributed by atoms with Crippen molar-refractivity contribution >= 4 is 27.6 Å². The fourth-order valence-corrected chi connectivity index (χ4v) is 3.84. The number of carbonyl (C=O) groups is 2. The van der Waals surface area contributed by atoms with Crippen LogP contribution in [0.3, 0.4) is 0 Å². The molecule has 3 rings (SSSR count). The molecule has 11 heteroatoms. The quantitative estimate of drug-likeness (QED) is 0.453. The molecule has 0 aliphatic carbocycles. The second kappa shape index (κ2) is 10.4. The minimum Gasteiger partial charge on any atom is -0.453 e. The summed E-state index contributed by atoms with van der Waals surface area (Å²) in [6, 6.07) is 13.2. The number of esters is 1. The molecular formula is C22H24N4O6S. The van der Waals surface area contributed by atoms with Gasteiger partial charge in [-0.3, -0.25) is 9.59 Å². The number of hydrogen-bond acceptors (Lipinski definition) is 8. The lowest BCUT2D eigenvalue weighted by Crippen LogP contribution is -2.27. The molecule has 0 radical (unpaired) electrons. The first-order chi connectivity index (χ1) is 15.6. The molecule has 2 aromatic carbocycles. The van der Waals surface area contributed by atoms with Gasteiger partial charge in [0.2, 0.25) is 21.8 Å². The number of sulfonamides is 1. The maximum absolute atomic E-state index is 12.4. The topological polar surface area (TPSA) is 140 Å². The fraction of sp³-hybridized carbons (Fsp3) is 0.273. The van der Waals surface area contributed by atoms with Gasteiger partial charge in [0.25, 0.3) is 5.89 Å². The number of benzene rings is 2. The van der Waals surface area contributed by atoms with Crippen LogP contribution in [0.1, 0.15) is 37.8 Å². The molecule has 0 aliphatic rings. The first-order valence-corrected chi connectivity index (χ1v) is 11.6. The van der Waals surface area contributed by atoms with Gasteiger partial charge in [-0.1, -0.05) is 17.7 Å². The van der Waals surface area contributed by atoms with E-state index in [4.69, 9.17) is 9.15 Å². The van der Waals surface area contributed by atoms with Crippen LogP contribution in [-0.4, -0.2) is 37.0 Å². The molecule has 0 fully saturated rings. The van der Waals surface area contributed by atoms with E-state index >= 15 is 0 Å². The van der Waals surface area contributed by atoms with Crippen molar-refractivity contribution in [1.82, 2.24) is 14.9 Å². The van der Waals surface area contributed by atoms with Gasteiger partial charge >= 0.3 is 5.97 Å². The highest BCUT2D eigenvalue weighted by molar-refractivity contribution is 7.89. The maximum atomic E-state index is 12.4. The summed E-state index contributed by atoms with van der Waals surface area (Å²) in [5.74, 6) is -0.436. The Morgan fingerprint density at radius 1 is 1.06 bits per heavy atom. The Morgan fingerprint density at radius 2 is 1.73 bits per heavy atom. The number of aromatic nitrogens is 2. The zero-order chi connectivity index (χ0) is 24.0. The highest BCUT2D eigenvalue weighted by atomic mass is 32.2. The summed E-state index contributed by atoms with van der Waals surface area (Å²) >= 11 is 0. The van der Waals surface area contributed by atoms with Gasteiger partial charge in [0.15, 0.2) is 6.10 Å². The summed E-state index contributed by atoms with van der Waals surface area (Å²) < 4.78 is 37.9. The lowest BCUT2D eigenvalue weighted by Gasteiger charge is -2.10. The second-order valence-corrected chi connectivity index (χ2v) is 9.06. The molecule has 2 N–H and O–H groups in total. The van der Waals surface area contributed by atoms with Gasteiger partial charge in [0.1, 0.15) is 0 Å². The first-order valence-electron chi connectivity index (χ1n) is 10.1. The Balaban J connectivity index is 1.49. The van der Waals surface area contributed by atoms with Gasteiger partial charge in [-0.15, -0.1) is 10.2 Å². The predicted octanol–water partition coefficient (Wildman–Crippen LogP) is 2.98. The molecule has 0 saturated carbocycles. The van der Waals surface area contributed by atoms with Gasteiger partial charge in [-0.25, -0.2) is 13.1 Å². The third-order valence-electron chi connectivity index (χ3n) is 4.50. The van der Waals surface area contributed by atoms with E-state index < -0.39 is 22.1 Å². The molecule has 0 bridgehead atoms. The van der Waals surface area contributed by atoms with Crippen molar-refractivity contribution < 1.29 is 27.2 Å². The molecule has 1 atom stereocenters. The first kappa shape index (κ1) is 24.1. The molecule has 10 nitrogen and oxygen atoms in total. The summed E-state index contributed by atoms with van der Waals surface area (Å²) in [6.07, 6.45) is -0.978. The van der Waals surface area contributed by atoms with Crippen LogP contribution in [0, 0.1) is 6.92 Å². The van der Waals surface area contributed by atoms with Crippen LogP contribution in [0.4, 0.5) is 5.69 Å². The third kappa shape index (κ3) is 6.70. The molecule has 174 valence electrons. The molecule has 0 aliphatic heterocycles. The summed E-state index contributed by atoms with van der Waals surface area (Å²) in [5, 5.41) is 10.4. The Morgan fingerprint density at radius 3 is 2.36 bits per heavy atom. The Hall–Kier alpha value is -3.57. The number of rotatable bonds is 9. The Bertz CT molecular complexity index is 1220. The van der Waals surface area contributed by atoms with Crippen molar-refractivity contribution in [3.05, 3.63) is 60.0 Å². The molecule has 33 heavy (non-hydrogen) atoms. The van der Waals surface area contributed by atoms with Crippen LogP contribution < -0.4 is 10.0 Å². The minimum absolute atomic E-state index is 0.00725. The minimum atomic E-state index is -3.82. The summed E-state index contributed by atoms with van der Waals surface area (Å²) in [6.45, 7) is 4.76. The number of anilines is 1. The molecule has 0 spiro atoms. The van der Waals surface area contributed by atoms with Crippen molar-refractivity contribution in [3.8, 4) is 11.5 Å². The van der Waals surface area contributed by atoms with Crippen LogP contribution in [0.5, 0.6) is 0 Å². The number of carbonyl (C=O) groups excluding carboxylic acids is 2. The van der Waals surface area contributed by atoms with Crippen molar-refractivity contribution in [2.75, 3.05) is 11.9 Å². The van der Waals surface area contributed by atoms with Crippen molar-refractivity contribution in [1.29, 1.82) is 0 Å². The Labute approximate surface area is 191 Å². The molecule has 3 aromatic rings. The predicted molar refractivity (Wildman–Crippen MR) is 120 cm³/mol. The van der Waals surface area contributed by atoms with E-state index in [1.54, 1.807) is 6.92 Å². The smallest absolute Gasteiger partial charge is 0.307 e. The zero-order valence-electron chi connectivity index (χ0n) is 18.4. The molecule has 1 amide bonds. The number of nitrogens with zero attached hydrogens (tertiary/aromatic N) is 2. The SMILES string of the molecule is CC(=O)Nc1ccc(S(=O)(=O)NCCC(=O)OC(C)c2nnc(-c3ccc(C)cc3)o2)cc1. The van der Waals surface area contributed by atoms with Gasteiger partial charge in [0, 0.05) is 24.7 Å². The average molecular weight is 473 g/mol. The van der Waals surface area contributed by atoms with E-state index in [1.165, 1.54) is 31.2 Å². The molecule has 0 saturated heterocycles. The normalized spacial score (nSPS) is 12.2. The van der Waals surface area contributed by atoms with Gasteiger partial charge in [-0.05, 0) is 50.2 Å². The number of amides is 1. The number of nitrogens with one attached hydrogen (secondary N) is 2. The summed E-state index contributed by atoms with van der Waals surface area (Å²) in [5.41, 5.74) is 2.32. The lowest BCUT2D eigenvalue weighted by atomic mass is 10.1. The van der Waals surface area contributed by atoms with E-state index in [2.05, 4.69) is 20.2 Å². The number of aryl methyl sites for hydroxylation is 1. The molecular weight excluding hydrogens is 448 g/mol. The summed E-state index contributed by atoms with van der Waals surface area (Å²) in [4.78, 5) is 23.2. The maximum Gasteiger partial charge on any atom is 0.307 e. The van der Waals surface area contributed by atoms with Gasteiger partial charge in [-0.2, -0.15) is 0 Å². The highest BCUT2D eigenvalue weighted by Gasteiger charge is 2.20. The summed E-state index contributed by atoms with van der Waals surface area (Å²) in [7, 11) is -3.82. The number of hydrogen-bond donors (Lipinski definition) is 2. The lowest BCUT2D eigenvalue weighted by molar-refractivity contribution is -0.149. The average Bonchev–Trinajstić information content (AvgIpc) is 3.24. The van der Waals surface area contributed by atoms with Crippen LogP contribution >= 0.6 is 0 Å². The third-order valence-corrected chi connectivity index (χ3v) is 5.98. The zero-order valence-corrected chi connectivity index (χ0v) is 19.2. The van der Waals surface area contributed by atoms with Crippen molar-refractivity contribution in [2.45, 2.75) is 38.2 Å². The van der Waals surface area contributed by atoms with Crippen LogP contribution in [0.25, 0.3) is 11.5 Å². The standard InChI is InChI=1S/C22H24N4O6S/c1-14-4-6-17(7-5-14)22-26-25-21(32-22)15(2)31-20(28)12-13-23-33(29,30)19-10-8-18(9-11-19)24-16(3)27/h4-11,15,23H,12-13H2,1-3H3,(H,24,27). The highest BCUT2D eigenvalue weighted by Crippen LogP contribution is 2.23. The van der Waals surface area contributed by atoms with Gasteiger partial charge in [0.05, 0.1) is 11.3 Å². The largest absolute Gasteiger partial charge is 0.453 e. The fourth-order valence-electron chi connectivity index (χ4n) is 2.81. The molecule has 1 unspecified atom stereocenters. The van der Waals surface area contributed by atoms with Gasteiger partial charge < -0.3 is 14.5 Å². The number of ether oxygens (including phenoxy) is 1. The Kier molecular flexibility index (Phi) is 7.56. The van der Waals surface area contributed by atoms with Crippen LogP contribution in [0.2, 0.25) is 0 Å². The van der Waals surface area contributed by atoms with E-state index in [0.29, 0.717) is 11.6 Å². The second-order valence-electron chi connectivity index (χ2n) is 7.30. The van der Waals surface area contributed by atoms with Crippen LogP contribution in [-0.2, 0) is 24.3 Å². The van der Waals surface area contributed by atoms with E-state index in [-0.39, 0.29) is 29.7 Å². The van der Waals surface area contributed by atoms with Crippen LogP contribution in [0.15, 0.2) is 57.8 Å². The monoisotopic (exact) mass is 472 g/mol. The van der Waals surface area contributed by atoms with Crippen molar-refractivity contribution in [3.63, 3.8) is 0 Å².